The number of primary amides is 1. The second-order valence-electron chi connectivity index (χ2n) is 11.8. The Morgan fingerprint density at radius 1 is 0.667 bits per heavy atom. The Morgan fingerprint density at radius 2 is 1.26 bits per heavy atom. The van der Waals surface area contributed by atoms with Crippen molar-refractivity contribution in [2.75, 3.05) is 19.6 Å². The first-order valence-corrected chi connectivity index (χ1v) is 16.5. The van der Waals surface area contributed by atoms with E-state index >= 15 is 0 Å². The van der Waals surface area contributed by atoms with E-state index in [1.54, 1.807) is 0 Å². The monoisotopic (exact) mass is 770 g/mol. The van der Waals surface area contributed by atoms with Crippen LogP contribution in [0.4, 0.5) is 8.78 Å². The molecule has 1 aromatic rings. The van der Waals surface area contributed by atoms with Crippen molar-refractivity contribution >= 4 is 59.2 Å². The van der Waals surface area contributed by atoms with Crippen molar-refractivity contribution in [3.8, 4) is 0 Å². The van der Waals surface area contributed by atoms with Crippen LogP contribution in [-0.4, -0.2) is 113 Å². The summed E-state index contributed by atoms with van der Waals surface area (Å²) >= 11 is 0. The molecule has 1 unspecified atom stereocenters. The summed E-state index contributed by atoms with van der Waals surface area (Å²) < 4.78 is 27.3. The highest BCUT2D eigenvalue weighted by atomic mass is 19.2. The summed E-state index contributed by atoms with van der Waals surface area (Å²) in [6.45, 7) is 0.912. The van der Waals surface area contributed by atoms with Crippen LogP contribution in [0.25, 0.3) is 0 Å². The van der Waals surface area contributed by atoms with Crippen molar-refractivity contribution in [2.24, 2.45) is 5.73 Å². The maximum absolute atomic E-state index is 13.9. The Kier molecular flexibility index (Phi) is 19.8. The van der Waals surface area contributed by atoms with E-state index < -0.39 is 134 Å². The van der Waals surface area contributed by atoms with Crippen molar-refractivity contribution < 1.29 is 66.9 Å². The average molecular weight is 771 g/mol. The molecule has 22 heteroatoms. The number of hydrogen-bond donors (Lipinski definition) is 10. The fraction of sp³-hybridized carbons (Fsp3) is 0.500. The van der Waals surface area contributed by atoms with Gasteiger partial charge in [0.25, 0.3) is 0 Å². The van der Waals surface area contributed by atoms with Gasteiger partial charge in [-0.2, -0.15) is 0 Å². The summed E-state index contributed by atoms with van der Waals surface area (Å²) in [4.78, 5) is 121. The third-order valence-corrected chi connectivity index (χ3v) is 7.24. The number of nitrogens with one attached hydrogen (secondary N) is 7. The molecule has 11 N–H and O–H groups in total. The fourth-order valence-corrected chi connectivity index (χ4v) is 4.34. The Morgan fingerprint density at radius 3 is 1.81 bits per heavy atom. The first-order chi connectivity index (χ1) is 25.3. The third-order valence-electron chi connectivity index (χ3n) is 7.24. The minimum Gasteiger partial charge on any atom is -0.481 e. The predicted octanol–water partition coefficient (Wildman–Crippen LogP) is -3.17. The lowest BCUT2D eigenvalue weighted by atomic mass is 10.0. The van der Waals surface area contributed by atoms with Gasteiger partial charge in [-0.3, -0.25) is 47.9 Å². The first kappa shape index (κ1) is 45.8. The first-order valence-electron chi connectivity index (χ1n) is 16.5. The van der Waals surface area contributed by atoms with Crippen LogP contribution in [0, 0.1) is 11.6 Å². The van der Waals surface area contributed by atoms with Gasteiger partial charge >= 0.3 is 11.9 Å². The van der Waals surface area contributed by atoms with Gasteiger partial charge in [-0.15, -0.1) is 0 Å². The van der Waals surface area contributed by atoms with E-state index in [4.69, 9.17) is 15.9 Å². The second kappa shape index (κ2) is 23.4. The van der Waals surface area contributed by atoms with E-state index in [1.165, 1.54) is 0 Å². The number of rotatable bonds is 24. The van der Waals surface area contributed by atoms with Gasteiger partial charge in [0.15, 0.2) is 11.6 Å². The number of carbonyl (C=O) groups excluding carboxylic acids is 8. The van der Waals surface area contributed by atoms with E-state index in [1.807, 2.05) is 6.92 Å². The summed E-state index contributed by atoms with van der Waals surface area (Å²) in [6, 6.07) is -3.17. The second-order valence-corrected chi connectivity index (χ2v) is 11.8. The standard InChI is InChI=1S/C32H44F2N8O12/c1-3-4-5-23(43)40-20(8-9-27(47)48)31(53)38-14-25(45)36-13-24(44)37-15-26(46)41-22(11-17-6-7-18(33)19(34)10-17)32(54)39-16(2)30(52)42-21(29(35)51)12-28(49)50/h6-7,10,16,20-22H,3-5,8-9,11-15H2,1-2H3,(H2,35,51)(H,36,45)(H,37,44)(H,38,53)(H,39,54)(H,40,43)(H,41,46)(H,42,52)(H,47,48)(H,49,50)/t16-,20-,21?,22-/m0/s1. The van der Waals surface area contributed by atoms with Crippen LogP contribution >= 0.6 is 0 Å². The minimum absolute atomic E-state index is 0.0348. The lowest BCUT2D eigenvalue weighted by molar-refractivity contribution is -0.140. The smallest absolute Gasteiger partial charge is 0.305 e. The van der Waals surface area contributed by atoms with Crippen LogP contribution in [0.5, 0.6) is 0 Å². The predicted molar refractivity (Wildman–Crippen MR) is 180 cm³/mol. The summed E-state index contributed by atoms with van der Waals surface area (Å²) in [6.07, 6.45) is -0.614. The molecule has 0 aliphatic carbocycles. The Bertz CT molecular complexity index is 1580. The number of unbranched alkanes of at least 4 members (excludes halogenated alkanes) is 1. The molecule has 0 fully saturated rings. The number of halogens is 2. The molecule has 0 saturated carbocycles. The molecule has 0 bridgehead atoms. The van der Waals surface area contributed by atoms with Gasteiger partial charge in [-0.05, 0) is 37.5 Å². The van der Waals surface area contributed by atoms with Gasteiger partial charge in [0.1, 0.15) is 24.2 Å². The van der Waals surface area contributed by atoms with Crippen LogP contribution in [0.2, 0.25) is 0 Å². The van der Waals surface area contributed by atoms with Crippen LogP contribution in [0.3, 0.4) is 0 Å². The lowest BCUT2D eigenvalue weighted by Gasteiger charge is -2.22. The zero-order chi connectivity index (χ0) is 41.0. The summed E-state index contributed by atoms with van der Waals surface area (Å²) in [5.74, 6) is -12.4. The molecule has 298 valence electrons. The van der Waals surface area contributed by atoms with E-state index in [-0.39, 0.29) is 18.4 Å². The Hall–Kier alpha value is -6.22. The topological polar surface area (TPSA) is 321 Å². The number of aliphatic carboxylic acids is 2. The van der Waals surface area contributed by atoms with E-state index in [0.29, 0.717) is 12.8 Å². The lowest BCUT2D eigenvalue weighted by Crippen LogP contribution is -2.56. The largest absolute Gasteiger partial charge is 0.481 e. The van der Waals surface area contributed by atoms with E-state index in [9.17, 15) is 56.7 Å². The number of nitrogens with two attached hydrogens (primary N) is 1. The molecule has 0 spiro atoms. The molecule has 1 rings (SSSR count). The van der Waals surface area contributed by atoms with Crippen molar-refractivity contribution in [2.45, 2.75) is 83.0 Å². The molecule has 0 heterocycles. The number of hydrogen-bond acceptors (Lipinski definition) is 10. The van der Waals surface area contributed by atoms with Gasteiger partial charge in [0.2, 0.25) is 47.3 Å². The van der Waals surface area contributed by atoms with Crippen LogP contribution in [-0.2, 0) is 54.4 Å². The normalized spacial score (nSPS) is 12.7. The van der Waals surface area contributed by atoms with Gasteiger partial charge < -0.3 is 53.2 Å². The van der Waals surface area contributed by atoms with Crippen LogP contribution in [0.1, 0.15) is 57.9 Å². The van der Waals surface area contributed by atoms with Crippen molar-refractivity contribution in [3.63, 3.8) is 0 Å². The van der Waals surface area contributed by atoms with Crippen LogP contribution < -0.4 is 43.0 Å². The summed E-state index contributed by atoms with van der Waals surface area (Å²) in [7, 11) is 0. The van der Waals surface area contributed by atoms with Crippen LogP contribution in [0.15, 0.2) is 18.2 Å². The molecule has 8 amide bonds. The highest BCUT2D eigenvalue weighted by Crippen LogP contribution is 2.11. The van der Waals surface area contributed by atoms with Crippen molar-refractivity contribution in [1.29, 1.82) is 0 Å². The molecule has 0 aliphatic heterocycles. The zero-order valence-electron chi connectivity index (χ0n) is 29.4. The number of amides is 8. The maximum atomic E-state index is 13.9. The molecule has 0 saturated heterocycles. The third kappa shape index (κ3) is 18.3. The SMILES string of the molecule is CCCCC(=O)N[C@@H](CCC(=O)O)C(=O)NCC(=O)NCC(=O)NCC(=O)N[C@@H](Cc1ccc(F)c(F)c1)C(=O)N[C@@H](C)C(=O)NC(CC(=O)O)C(N)=O. The fourth-order valence-electron chi connectivity index (χ4n) is 4.34. The number of carboxylic acid groups (broad SMARTS) is 2. The highest BCUT2D eigenvalue weighted by Gasteiger charge is 2.28. The van der Waals surface area contributed by atoms with Crippen molar-refractivity contribution in [3.05, 3.63) is 35.4 Å². The van der Waals surface area contributed by atoms with Crippen molar-refractivity contribution in [1.82, 2.24) is 37.2 Å². The molecule has 4 atom stereocenters. The molecular weight excluding hydrogens is 726 g/mol. The van der Waals surface area contributed by atoms with E-state index in [0.717, 1.165) is 25.1 Å². The number of carbonyl (C=O) groups is 10. The van der Waals surface area contributed by atoms with Gasteiger partial charge in [-0.25, -0.2) is 8.78 Å². The summed E-state index contributed by atoms with van der Waals surface area (Å²) in [5.41, 5.74) is 5.14. The molecule has 0 radical (unpaired) electrons. The minimum atomic E-state index is -1.61. The Labute approximate surface area is 307 Å². The molecule has 0 aromatic heterocycles. The number of carboxylic acids is 2. The highest BCUT2D eigenvalue weighted by molar-refractivity contribution is 5.96. The van der Waals surface area contributed by atoms with Gasteiger partial charge in [0.05, 0.1) is 26.1 Å². The van der Waals surface area contributed by atoms with Gasteiger partial charge in [-0.1, -0.05) is 19.4 Å². The van der Waals surface area contributed by atoms with E-state index in [2.05, 4.69) is 37.2 Å². The molecule has 20 nitrogen and oxygen atoms in total. The molecule has 0 aliphatic rings. The summed E-state index contributed by atoms with van der Waals surface area (Å²) in [5, 5.41) is 33.4. The quantitative estimate of drug-likeness (QED) is 0.0498. The molecule has 54 heavy (non-hydrogen) atoms. The molecule has 1 aromatic carbocycles. The average Bonchev–Trinajstić information content (AvgIpc) is 3.09. The number of benzene rings is 1. The zero-order valence-corrected chi connectivity index (χ0v) is 29.4. The maximum Gasteiger partial charge on any atom is 0.305 e. The van der Waals surface area contributed by atoms with Gasteiger partial charge in [0, 0.05) is 19.3 Å². The molecular formula is C32H44F2N8O12. The Balaban J connectivity index is 2.79.